The predicted molar refractivity (Wildman–Crippen MR) is 79.8 cm³/mol. The van der Waals surface area contributed by atoms with Gasteiger partial charge in [0.1, 0.15) is 0 Å². The number of carbonyl (C=O) groups excluding carboxylic acids is 1. The Kier molecular flexibility index (Phi) is 5.16. The van der Waals surface area contributed by atoms with Gasteiger partial charge in [-0.15, -0.1) is 5.10 Å². The third-order valence-electron chi connectivity index (χ3n) is 2.91. The van der Waals surface area contributed by atoms with Crippen molar-refractivity contribution in [2.45, 2.75) is 19.9 Å². The Morgan fingerprint density at radius 3 is 2.86 bits per heavy atom. The van der Waals surface area contributed by atoms with E-state index in [1.54, 1.807) is 6.07 Å². The first-order chi connectivity index (χ1) is 10.2. The first kappa shape index (κ1) is 15.3. The molecule has 0 atom stereocenters. The molecule has 2 aromatic rings. The van der Waals surface area contributed by atoms with Crippen molar-refractivity contribution < 1.29 is 9.53 Å². The van der Waals surface area contributed by atoms with Gasteiger partial charge in [-0.1, -0.05) is 41.9 Å². The van der Waals surface area contributed by atoms with Crippen molar-refractivity contribution in [3.05, 3.63) is 40.5 Å². The molecule has 0 spiro atoms. The van der Waals surface area contributed by atoms with E-state index in [-0.39, 0.29) is 11.6 Å². The molecule has 6 nitrogen and oxygen atoms in total. The maximum absolute atomic E-state index is 12.0. The van der Waals surface area contributed by atoms with Gasteiger partial charge in [0.25, 0.3) is 5.91 Å². The number of nitrogens with one attached hydrogen (secondary N) is 1. The summed E-state index contributed by atoms with van der Waals surface area (Å²) in [4.78, 5) is 12.0. The topological polar surface area (TPSA) is 69.0 Å². The van der Waals surface area contributed by atoms with Crippen LogP contribution in [-0.4, -0.2) is 34.6 Å². The van der Waals surface area contributed by atoms with E-state index in [1.807, 2.05) is 25.1 Å². The zero-order valence-electron chi connectivity index (χ0n) is 12.0. The van der Waals surface area contributed by atoms with Crippen LogP contribution in [0.15, 0.2) is 24.3 Å². The van der Waals surface area contributed by atoms with Crippen molar-refractivity contribution >= 4 is 17.5 Å². The third kappa shape index (κ3) is 3.52. The van der Waals surface area contributed by atoms with Gasteiger partial charge in [-0.25, -0.2) is 4.68 Å². The molecule has 0 aliphatic rings. The molecule has 0 radical (unpaired) electrons. The quantitative estimate of drug-likeness (QED) is 0.887. The van der Waals surface area contributed by atoms with Crippen LogP contribution in [0.2, 0.25) is 5.02 Å². The minimum Gasteiger partial charge on any atom is -0.479 e. The first-order valence-corrected chi connectivity index (χ1v) is 7.04. The summed E-state index contributed by atoms with van der Waals surface area (Å²) in [5.41, 5.74) is 1.06. The Balaban J connectivity index is 2.24. The standard InChI is InChI=1S/C14H17ClN4O2/c1-3-8-16-13(20)12-14(21-2)19(18-17-12)9-10-6-4-5-7-11(10)15/h4-7H,3,8-9H2,1-2H3,(H,16,20). The van der Waals surface area contributed by atoms with E-state index < -0.39 is 0 Å². The average molecular weight is 309 g/mol. The Morgan fingerprint density at radius 1 is 1.43 bits per heavy atom. The van der Waals surface area contributed by atoms with Crippen LogP contribution in [0, 0.1) is 0 Å². The molecule has 2 rings (SSSR count). The molecule has 0 aliphatic heterocycles. The van der Waals surface area contributed by atoms with E-state index in [9.17, 15) is 4.79 Å². The highest BCUT2D eigenvalue weighted by Crippen LogP contribution is 2.20. The summed E-state index contributed by atoms with van der Waals surface area (Å²) in [5.74, 6) is 0.0302. The van der Waals surface area contributed by atoms with E-state index in [0.717, 1.165) is 12.0 Å². The molecule has 1 aromatic heterocycles. The molecule has 1 heterocycles. The minimum absolute atomic E-state index is 0.179. The molecule has 0 saturated heterocycles. The van der Waals surface area contributed by atoms with Crippen LogP contribution >= 0.6 is 11.6 Å². The summed E-state index contributed by atoms with van der Waals surface area (Å²) in [7, 11) is 1.48. The number of amides is 1. The molecule has 1 N–H and O–H groups in total. The maximum Gasteiger partial charge on any atom is 0.277 e. The Bertz CT molecular complexity index is 627. The van der Waals surface area contributed by atoms with Gasteiger partial charge in [-0.2, -0.15) is 0 Å². The molecule has 0 unspecified atom stereocenters. The number of nitrogens with zero attached hydrogens (tertiary/aromatic N) is 3. The van der Waals surface area contributed by atoms with Gasteiger partial charge in [-0.3, -0.25) is 4.79 Å². The van der Waals surface area contributed by atoms with E-state index in [0.29, 0.717) is 24.0 Å². The number of aromatic nitrogens is 3. The molecule has 7 heteroatoms. The van der Waals surface area contributed by atoms with E-state index >= 15 is 0 Å². The summed E-state index contributed by atoms with van der Waals surface area (Å²) in [6, 6.07) is 7.43. The van der Waals surface area contributed by atoms with Crippen LogP contribution in [0.25, 0.3) is 0 Å². The Morgan fingerprint density at radius 2 is 2.19 bits per heavy atom. The number of ether oxygens (including phenoxy) is 1. The molecule has 0 aliphatic carbocycles. The van der Waals surface area contributed by atoms with Crippen molar-refractivity contribution in [1.29, 1.82) is 0 Å². The summed E-state index contributed by atoms with van der Waals surface area (Å²) in [6.45, 7) is 2.95. The lowest BCUT2D eigenvalue weighted by Crippen LogP contribution is -2.25. The highest BCUT2D eigenvalue weighted by atomic mass is 35.5. The number of carbonyl (C=O) groups is 1. The van der Waals surface area contributed by atoms with Crippen LogP contribution in [-0.2, 0) is 6.54 Å². The number of halogens is 1. The van der Waals surface area contributed by atoms with Gasteiger partial charge in [0.05, 0.1) is 13.7 Å². The van der Waals surface area contributed by atoms with Crippen LogP contribution in [0.5, 0.6) is 5.88 Å². The largest absolute Gasteiger partial charge is 0.479 e. The molecule has 1 amide bonds. The fourth-order valence-corrected chi connectivity index (χ4v) is 2.06. The Labute approximate surface area is 128 Å². The first-order valence-electron chi connectivity index (χ1n) is 6.66. The summed E-state index contributed by atoms with van der Waals surface area (Å²) >= 11 is 6.13. The van der Waals surface area contributed by atoms with Gasteiger partial charge in [0.15, 0.2) is 0 Å². The van der Waals surface area contributed by atoms with E-state index in [4.69, 9.17) is 16.3 Å². The lowest BCUT2D eigenvalue weighted by atomic mass is 10.2. The monoisotopic (exact) mass is 308 g/mol. The molecule has 0 bridgehead atoms. The number of methoxy groups -OCH3 is 1. The average Bonchev–Trinajstić information content (AvgIpc) is 2.90. The van der Waals surface area contributed by atoms with E-state index in [1.165, 1.54) is 11.8 Å². The van der Waals surface area contributed by atoms with Crippen molar-refractivity contribution in [3.8, 4) is 5.88 Å². The summed E-state index contributed by atoms with van der Waals surface area (Å²) < 4.78 is 6.78. The van der Waals surface area contributed by atoms with Crippen molar-refractivity contribution in [2.75, 3.05) is 13.7 Å². The lowest BCUT2D eigenvalue weighted by Gasteiger charge is -2.08. The van der Waals surface area contributed by atoms with Crippen molar-refractivity contribution in [3.63, 3.8) is 0 Å². The van der Waals surface area contributed by atoms with Crippen LogP contribution in [0.4, 0.5) is 0 Å². The SMILES string of the molecule is CCCNC(=O)c1nnn(Cc2ccccc2Cl)c1OC. The van der Waals surface area contributed by atoms with E-state index in [2.05, 4.69) is 15.6 Å². The van der Waals surface area contributed by atoms with Gasteiger partial charge in [0, 0.05) is 11.6 Å². The zero-order chi connectivity index (χ0) is 15.2. The second-order valence-corrected chi connectivity index (χ2v) is 4.86. The number of hydrogen-bond donors (Lipinski definition) is 1. The molecule has 1 aromatic carbocycles. The highest BCUT2D eigenvalue weighted by Gasteiger charge is 2.20. The Hall–Kier alpha value is -2.08. The second kappa shape index (κ2) is 7.08. The summed E-state index contributed by atoms with van der Waals surface area (Å²) in [5, 5.41) is 11.3. The molecule has 0 saturated carbocycles. The van der Waals surface area contributed by atoms with Gasteiger partial charge in [0.2, 0.25) is 11.6 Å². The van der Waals surface area contributed by atoms with Crippen LogP contribution in [0.3, 0.4) is 0 Å². The second-order valence-electron chi connectivity index (χ2n) is 4.45. The van der Waals surface area contributed by atoms with Gasteiger partial charge in [-0.05, 0) is 18.1 Å². The minimum atomic E-state index is -0.292. The molecule has 21 heavy (non-hydrogen) atoms. The highest BCUT2D eigenvalue weighted by molar-refractivity contribution is 6.31. The van der Waals surface area contributed by atoms with Gasteiger partial charge >= 0.3 is 0 Å². The number of benzene rings is 1. The maximum atomic E-state index is 12.0. The number of rotatable bonds is 6. The predicted octanol–water partition coefficient (Wildman–Crippen LogP) is 2.13. The molecular formula is C14H17ClN4O2. The number of hydrogen-bond acceptors (Lipinski definition) is 4. The van der Waals surface area contributed by atoms with Gasteiger partial charge < -0.3 is 10.1 Å². The third-order valence-corrected chi connectivity index (χ3v) is 3.28. The smallest absolute Gasteiger partial charge is 0.277 e. The summed E-state index contributed by atoms with van der Waals surface area (Å²) in [6.07, 6.45) is 0.849. The fraction of sp³-hybridized carbons (Fsp3) is 0.357. The fourth-order valence-electron chi connectivity index (χ4n) is 1.86. The normalized spacial score (nSPS) is 10.4. The molecule has 112 valence electrons. The molecule has 0 fully saturated rings. The van der Waals surface area contributed by atoms with Crippen LogP contribution in [0.1, 0.15) is 29.4 Å². The lowest BCUT2D eigenvalue weighted by molar-refractivity contribution is 0.0945. The van der Waals surface area contributed by atoms with Crippen LogP contribution < -0.4 is 10.1 Å². The van der Waals surface area contributed by atoms with Crippen molar-refractivity contribution in [2.24, 2.45) is 0 Å². The molecular weight excluding hydrogens is 292 g/mol. The van der Waals surface area contributed by atoms with Crippen molar-refractivity contribution in [1.82, 2.24) is 20.3 Å². The zero-order valence-corrected chi connectivity index (χ0v) is 12.7.